The summed E-state index contributed by atoms with van der Waals surface area (Å²) in [5.74, 6) is 1.05. The van der Waals surface area contributed by atoms with Crippen LogP contribution in [0.2, 0.25) is 0 Å². The van der Waals surface area contributed by atoms with Crippen molar-refractivity contribution in [1.29, 1.82) is 0 Å². The third-order valence-electron chi connectivity index (χ3n) is 5.79. The molecule has 0 radical (unpaired) electrons. The molecule has 1 aliphatic rings. The van der Waals surface area contributed by atoms with E-state index in [2.05, 4.69) is 80.3 Å². The Morgan fingerprint density at radius 1 is 0.963 bits per heavy atom. The number of hydrogen-bond acceptors (Lipinski definition) is 4. The number of nitrogens with one attached hydrogen (secondary N) is 1. The van der Waals surface area contributed by atoms with Crippen LogP contribution in [-0.4, -0.2) is 41.1 Å². The molecule has 0 unspecified atom stereocenters. The van der Waals surface area contributed by atoms with Crippen LogP contribution in [0.5, 0.6) is 0 Å². The second kappa shape index (κ2) is 6.58. The molecule has 2 aromatic heterocycles. The Morgan fingerprint density at radius 3 is 2.67 bits per heavy atom. The van der Waals surface area contributed by atoms with Crippen LogP contribution in [0, 0.1) is 0 Å². The maximum Gasteiger partial charge on any atom is 0.142 e. The summed E-state index contributed by atoms with van der Waals surface area (Å²) >= 11 is 0. The molecule has 0 amide bonds. The van der Waals surface area contributed by atoms with Crippen molar-refractivity contribution in [3.8, 4) is 0 Å². The lowest BCUT2D eigenvalue weighted by atomic mass is 10.0. The van der Waals surface area contributed by atoms with Crippen molar-refractivity contribution in [1.82, 2.24) is 15.0 Å². The van der Waals surface area contributed by atoms with E-state index in [4.69, 9.17) is 0 Å². The molecule has 1 saturated heterocycles. The molecular weight excluding hydrogens is 334 g/mol. The molecule has 5 heteroatoms. The highest BCUT2D eigenvalue weighted by Gasteiger charge is 2.25. The lowest BCUT2D eigenvalue weighted by molar-refractivity contribution is 0.481. The molecule has 2 aromatic carbocycles. The van der Waals surface area contributed by atoms with Crippen molar-refractivity contribution in [2.24, 2.45) is 0 Å². The Kier molecular flexibility index (Phi) is 3.93. The molecule has 5 nitrogen and oxygen atoms in total. The molecule has 3 heterocycles. The number of H-pyrrole nitrogens is 1. The summed E-state index contributed by atoms with van der Waals surface area (Å²) in [6, 6.07) is 17.8. The predicted octanol–water partition coefficient (Wildman–Crippen LogP) is 4.22. The van der Waals surface area contributed by atoms with E-state index in [0.29, 0.717) is 6.04 Å². The van der Waals surface area contributed by atoms with E-state index < -0.39 is 0 Å². The van der Waals surface area contributed by atoms with Gasteiger partial charge in [-0.15, -0.1) is 0 Å². The topological polar surface area (TPSA) is 48.1 Å². The molecule has 0 aliphatic carbocycles. The zero-order chi connectivity index (χ0) is 18.2. The summed E-state index contributed by atoms with van der Waals surface area (Å²) in [4.78, 5) is 16.9. The van der Waals surface area contributed by atoms with Gasteiger partial charge in [-0.05, 0) is 30.4 Å². The Hall–Kier alpha value is -3.08. The maximum atomic E-state index is 4.55. The third kappa shape index (κ3) is 2.79. The van der Waals surface area contributed by atoms with E-state index in [9.17, 15) is 0 Å². The van der Waals surface area contributed by atoms with Crippen molar-refractivity contribution < 1.29 is 0 Å². The number of piperidine rings is 1. The lowest BCUT2D eigenvalue weighted by Gasteiger charge is -2.38. The van der Waals surface area contributed by atoms with Crippen LogP contribution >= 0.6 is 0 Å². The summed E-state index contributed by atoms with van der Waals surface area (Å²) in [7, 11) is 2.23. The van der Waals surface area contributed by atoms with Crippen LogP contribution in [-0.2, 0) is 0 Å². The molecular formula is C22H23N5. The molecule has 1 aliphatic heterocycles. The van der Waals surface area contributed by atoms with Crippen molar-refractivity contribution in [3.63, 3.8) is 0 Å². The Balaban J connectivity index is 1.36. The van der Waals surface area contributed by atoms with Crippen molar-refractivity contribution in [2.45, 2.75) is 18.9 Å². The van der Waals surface area contributed by atoms with Crippen molar-refractivity contribution in [3.05, 3.63) is 61.1 Å². The summed E-state index contributed by atoms with van der Waals surface area (Å²) in [6.45, 7) is 2.02. The Labute approximate surface area is 158 Å². The van der Waals surface area contributed by atoms with Gasteiger partial charge in [0.15, 0.2) is 0 Å². The van der Waals surface area contributed by atoms with Gasteiger partial charge in [0, 0.05) is 43.4 Å². The predicted molar refractivity (Wildman–Crippen MR) is 111 cm³/mol. The fourth-order valence-electron chi connectivity index (χ4n) is 4.29. The first kappa shape index (κ1) is 16.1. The zero-order valence-electron chi connectivity index (χ0n) is 15.5. The maximum absolute atomic E-state index is 4.55. The van der Waals surface area contributed by atoms with Gasteiger partial charge in [-0.1, -0.05) is 36.4 Å². The summed E-state index contributed by atoms with van der Waals surface area (Å²) in [5, 5.41) is 3.74. The van der Waals surface area contributed by atoms with Gasteiger partial charge in [0.05, 0.1) is 5.39 Å². The number of nitrogens with zero attached hydrogens (tertiary/aromatic N) is 4. The van der Waals surface area contributed by atoms with E-state index in [1.807, 2.05) is 6.20 Å². The Bertz CT molecular complexity index is 1070. The van der Waals surface area contributed by atoms with Crippen LogP contribution in [0.4, 0.5) is 11.5 Å². The highest BCUT2D eigenvalue weighted by molar-refractivity contribution is 5.94. The average Bonchev–Trinajstić information content (AvgIpc) is 3.22. The van der Waals surface area contributed by atoms with E-state index in [1.54, 1.807) is 6.33 Å². The highest BCUT2D eigenvalue weighted by atomic mass is 15.2. The highest BCUT2D eigenvalue weighted by Crippen LogP contribution is 2.31. The SMILES string of the molecule is CN(c1cccc2ccccc12)C1CCN(c2ncnc3[nH]ccc23)CC1. The van der Waals surface area contributed by atoms with Crippen molar-refractivity contribution >= 4 is 33.3 Å². The monoisotopic (exact) mass is 357 g/mol. The van der Waals surface area contributed by atoms with Crippen LogP contribution < -0.4 is 9.80 Å². The minimum absolute atomic E-state index is 0.538. The number of rotatable bonds is 3. The lowest BCUT2D eigenvalue weighted by Crippen LogP contribution is -2.44. The number of fused-ring (bicyclic) bond motifs is 2. The molecule has 0 spiro atoms. The standard InChI is InChI=1S/C22H23N5/c1-26(20-8-4-6-16-5-2-3-7-18(16)20)17-10-13-27(14-11-17)22-19-9-12-23-21(19)24-15-25-22/h2-9,12,15,17H,10-11,13-14H2,1H3,(H,23,24,25). The van der Waals surface area contributed by atoms with E-state index in [1.165, 1.54) is 16.5 Å². The first-order chi connectivity index (χ1) is 13.3. The molecule has 0 saturated carbocycles. The van der Waals surface area contributed by atoms with Crippen LogP contribution in [0.1, 0.15) is 12.8 Å². The van der Waals surface area contributed by atoms with Gasteiger partial charge < -0.3 is 14.8 Å². The molecule has 4 aromatic rings. The molecule has 136 valence electrons. The molecule has 0 bridgehead atoms. The summed E-state index contributed by atoms with van der Waals surface area (Å²) in [5.41, 5.74) is 2.23. The number of anilines is 2. The van der Waals surface area contributed by atoms with Crippen molar-refractivity contribution in [2.75, 3.05) is 29.9 Å². The van der Waals surface area contributed by atoms with Gasteiger partial charge in [-0.3, -0.25) is 0 Å². The molecule has 27 heavy (non-hydrogen) atoms. The zero-order valence-corrected chi connectivity index (χ0v) is 15.5. The fourth-order valence-corrected chi connectivity index (χ4v) is 4.29. The van der Waals surface area contributed by atoms with E-state index in [0.717, 1.165) is 42.8 Å². The van der Waals surface area contributed by atoms with Gasteiger partial charge >= 0.3 is 0 Å². The molecule has 1 fully saturated rings. The summed E-state index contributed by atoms with van der Waals surface area (Å²) in [6.07, 6.45) is 5.83. The minimum atomic E-state index is 0.538. The van der Waals surface area contributed by atoms with E-state index >= 15 is 0 Å². The first-order valence-electron chi connectivity index (χ1n) is 9.55. The van der Waals surface area contributed by atoms with Crippen LogP contribution in [0.3, 0.4) is 0 Å². The van der Waals surface area contributed by atoms with Gasteiger partial charge in [0.1, 0.15) is 17.8 Å². The quantitative estimate of drug-likeness (QED) is 0.596. The average molecular weight is 357 g/mol. The van der Waals surface area contributed by atoms with Crippen LogP contribution in [0.15, 0.2) is 61.1 Å². The van der Waals surface area contributed by atoms with E-state index in [-0.39, 0.29) is 0 Å². The fraction of sp³-hybridized carbons (Fsp3) is 0.273. The number of aromatic nitrogens is 3. The van der Waals surface area contributed by atoms with Gasteiger partial charge in [0.25, 0.3) is 0 Å². The second-order valence-corrected chi connectivity index (χ2v) is 7.26. The van der Waals surface area contributed by atoms with Crippen LogP contribution in [0.25, 0.3) is 21.8 Å². The summed E-state index contributed by atoms with van der Waals surface area (Å²) < 4.78 is 0. The second-order valence-electron chi connectivity index (χ2n) is 7.26. The normalized spacial score (nSPS) is 15.5. The smallest absolute Gasteiger partial charge is 0.142 e. The number of benzene rings is 2. The number of aromatic amines is 1. The largest absolute Gasteiger partial charge is 0.371 e. The molecule has 5 rings (SSSR count). The van der Waals surface area contributed by atoms with Gasteiger partial charge in [-0.25, -0.2) is 9.97 Å². The van der Waals surface area contributed by atoms with Gasteiger partial charge in [-0.2, -0.15) is 0 Å². The minimum Gasteiger partial charge on any atom is -0.371 e. The first-order valence-corrected chi connectivity index (χ1v) is 9.55. The number of hydrogen-bond donors (Lipinski definition) is 1. The molecule has 1 N–H and O–H groups in total. The van der Waals surface area contributed by atoms with Gasteiger partial charge in [0.2, 0.25) is 0 Å². The third-order valence-corrected chi connectivity index (χ3v) is 5.79. The molecule has 0 atom stereocenters. The Morgan fingerprint density at radius 2 is 1.78 bits per heavy atom.